The molecule has 1 N–H and O–H groups in total. The molecular formula is C25H16Br2Cl2N2O4S. The maximum absolute atomic E-state index is 13.3. The quantitative estimate of drug-likeness (QED) is 0.175. The largest absolute Gasteiger partial charge is 0.493 e. The molecule has 0 aliphatic carbocycles. The van der Waals surface area contributed by atoms with E-state index in [9.17, 15) is 9.59 Å². The molecule has 184 valence electrons. The summed E-state index contributed by atoms with van der Waals surface area (Å²) in [6.07, 6.45) is 1.45. The van der Waals surface area contributed by atoms with E-state index in [2.05, 4.69) is 37.2 Å². The first-order valence-corrected chi connectivity index (χ1v) is 13.0. The zero-order valence-electron chi connectivity index (χ0n) is 18.5. The van der Waals surface area contributed by atoms with Gasteiger partial charge in [-0.25, -0.2) is 0 Å². The first kappa shape index (κ1) is 26.6. The van der Waals surface area contributed by atoms with Crippen molar-refractivity contribution in [3.05, 3.63) is 90.3 Å². The highest BCUT2D eigenvalue weighted by molar-refractivity contribution is 9.11. The van der Waals surface area contributed by atoms with Gasteiger partial charge in [-0.05, 0) is 60.3 Å². The molecule has 6 nitrogen and oxygen atoms in total. The standard InChI is InChI=1S/C25H16Br2Cl2N2O4S/c1-34-21-10-13(5-8-20(21)35-12-14-6-7-15(26)11-17(14)27)9-16-23(32)30-25(36)31(24(16)33)19-4-2-3-18(28)22(19)29/h2-11H,12H2,1H3,(H,30,32,36)/b16-9+. The molecule has 1 heterocycles. The second-order valence-electron chi connectivity index (χ2n) is 7.47. The zero-order chi connectivity index (χ0) is 26.0. The van der Waals surface area contributed by atoms with Crippen molar-refractivity contribution < 1.29 is 19.1 Å². The van der Waals surface area contributed by atoms with Crippen molar-refractivity contribution >= 4 is 96.0 Å². The van der Waals surface area contributed by atoms with Crippen LogP contribution in [0.15, 0.2) is 69.1 Å². The van der Waals surface area contributed by atoms with Crippen molar-refractivity contribution in [3.8, 4) is 11.5 Å². The van der Waals surface area contributed by atoms with Gasteiger partial charge in [0.05, 0.1) is 22.8 Å². The second kappa shape index (κ2) is 11.3. The van der Waals surface area contributed by atoms with E-state index in [0.29, 0.717) is 23.7 Å². The number of carbonyl (C=O) groups is 2. The number of nitrogens with one attached hydrogen (secondary N) is 1. The molecule has 0 bridgehead atoms. The maximum Gasteiger partial charge on any atom is 0.270 e. The minimum Gasteiger partial charge on any atom is -0.493 e. The molecular weight excluding hydrogens is 655 g/mol. The Hall–Kier alpha value is -2.43. The molecule has 0 atom stereocenters. The van der Waals surface area contributed by atoms with Gasteiger partial charge >= 0.3 is 0 Å². The third-order valence-corrected chi connectivity index (χ3v) is 7.50. The maximum atomic E-state index is 13.3. The van der Waals surface area contributed by atoms with Crippen LogP contribution in [0.3, 0.4) is 0 Å². The summed E-state index contributed by atoms with van der Waals surface area (Å²) in [5.74, 6) is -0.319. The number of ether oxygens (including phenoxy) is 2. The van der Waals surface area contributed by atoms with E-state index in [1.54, 1.807) is 36.4 Å². The fourth-order valence-electron chi connectivity index (χ4n) is 3.40. The SMILES string of the molecule is COc1cc(/C=C2\C(=O)NC(=S)N(c3cccc(Cl)c3Cl)C2=O)ccc1OCc1ccc(Br)cc1Br. The monoisotopic (exact) mass is 668 g/mol. The highest BCUT2D eigenvalue weighted by Gasteiger charge is 2.35. The Bertz CT molecular complexity index is 1430. The highest BCUT2D eigenvalue weighted by Crippen LogP contribution is 2.35. The number of halogens is 4. The summed E-state index contributed by atoms with van der Waals surface area (Å²) in [6.45, 7) is 0.304. The van der Waals surface area contributed by atoms with E-state index in [0.717, 1.165) is 19.4 Å². The average molecular weight is 671 g/mol. The lowest BCUT2D eigenvalue weighted by Gasteiger charge is -2.29. The Kier molecular flexibility index (Phi) is 8.37. The van der Waals surface area contributed by atoms with Crippen LogP contribution in [0.4, 0.5) is 5.69 Å². The number of thiocarbonyl (C=S) groups is 1. The zero-order valence-corrected chi connectivity index (χ0v) is 24.0. The first-order valence-electron chi connectivity index (χ1n) is 10.3. The van der Waals surface area contributed by atoms with Crippen LogP contribution in [0.2, 0.25) is 10.0 Å². The summed E-state index contributed by atoms with van der Waals surface area (Å²) in [7, 11) is 1.51. The normalized spacial score (nSPS) is 14.8. The second-order valence-corrected chi connectivity index (χ2v) is 10.4. The van der Waals surface area contributed by atoms with Crippen molar-refractivity contribution in [3.63, 3.8) is 0 Å². The molecule has 0 radical (unpaired) electrons. The van der Waals surface area contributed by atoms with Crippen LogP contribution in [-0.4, -0.2) is 24.0 Å². The molecule has 3 aromatic carbocycles. The highest BCUT2D eigenvalue weighted by atomic mass is 79.9. The summed E-state index contributed by atoms with van der Waals surface area (Å²) in [4.78, 5) is 27.1. The summed E-state index contributed by atoms with van der Waals surface area (Å²) < 4.78 is 13.3. The number of benzene rings is 3. The van der Waals surface area contributed by atoms with Crippen LogP contribution in [0.5, 0.6) is 11.5 Å². The van der Waals surface area contributed by atoms with E-state index >= 15 is 0 Å². The smallest absolute Gasteiger partial charge is 0.270 e. The van der Waals surface area contributed by atoms with Crippen molar-refractivity contribution in [2.24, 2.45) is 0 Å². The van der Waals surface area contributed by atoms with E-state index in [1.807, 2.05) is 18.2 Å². The predicted molar refractivity (Wildman–Crippen MR) is 152 cm³/mol. The minimum atomic E-state index is -0.632. The summed E-state index contributed by atoms with van der Waals surface area (Å²) in [5.41, 5.74) is 1.64. The minimum absolute atomic E-state index is 0.0910. The van der Waals surface area contributed by atoms with Gasteiger partial charge in [0.25, 0.3) is 11.8 Å². The molecule has 4 rings (SSSR count). The molecule has 0 unspecified atom stereocenters. The Labute approximate surface area is 239 Å². The van der Waals surface area contributed by atoms with Crippen LogP contribution in [0.1, 0.15) is 11.1 Å². The van der Waals surface area contributed by atoms with Gasteiger partial charge in [-0.1, -0.05) is 73.3 Å². The van der Waals surface area contributed by atoms with Crippen LogP contribution in [-0.2, 0) is 16.2 Å². The van der Waals surface area contributed by atoms with Gasteiger partial charge in [-0.2, -0.15) is 0 Å². The van der Waals surface area contributed by atoms with Gasteiger partial charge in [-0.15, -0.1) is 0 Å². The fraction of sp³-hybridized carbons (Fsp3) is 0.0800. The van der Waals surface area contributed by atoms with Crippen LogP contribution in [0.25, 0.3) is 6.08 Å². The molecule has 1 saturated heterocycles. The molecule has 1 fully saturated rings. The van der Waals surface area contributed by atoms with Crippen LogP contribution in [0, 0.1) is 0 Å². The summed E-state index contributed by atoms with van der Waals surface area (Å²) >= 11 is 24.6. The number of anilines is 1. The molecule has 1 aliphatic rings. The fourth-order valence-corrected chi connectivity index (χ4v) is 5.21. The van der Waals surface area contributed by atoms with Gasteiger partial charge in [0.15, 0.2) is 16.6 Å². The molecule has 11 heteroatoms. The van der Waals surface area contributed by atoms with E-state index in [4.69, 9.17) is 44.9 Å². The predicted octanol–water partition coefficient (Wildman–Crippen LogP) is 6.94. The Balaban J connectivity index is 1.61. The molecule has 1 aliphatic heterocycles. The molecule has 2 amide bonds. The first-order chi connectivity index (χ1) is 17.2. The van der Waals surface area contributed by atoms with Gasteiger partial charge in [0.2, 0.25) is 0 Å². The number of amides is 2. The van der Waals surface area contributed by atoms with Crippen LogP contribution < -0.4 is 19.7 Å². The Morgan fingerprint density at radius 3 is 2.56 bits per heavy atom. The van der Waals surface area contributed by atoms with Crippen molar-refractivity contribution in [1.82, 2.24) is 5.32 Å². The topological polar surface area (TPSA) is 67.9 Å². The molecule has 0 spiro atoms. The lowest BCUT2D eigenvalue weighted by atomic mass is 10.1. The van der Waals surface area contributed by atoms with Gasteiger partial charge < -0.3 is 9.47 Å². The molecule has 3 aromatic rings. The number of rotatable bonds is 6. The number of hydrogen-bond acceptors (Lipinski definition) is 5. The van der Waals surface area contributed by atoms with E-state index in [1.165, 1.54) is 13.2 Å². The lowest BCUT2D eigenvalue weighted by molar-refractivity contribution is -0.122. The third kappa shape index (κ3) is 5.60. The van der Waals surface area contributed by atoms with Crippen molar-refractivity contribution in [2.45, 2.75) is 6.61 Å². The molecule has 0 aromatic heterocycles. The Morgan fingerprint density at radius 1 is 1.06 bits per heavy atom. The van der Waals surface area contributed by atoms with Crippen molar-refractivity contribution in [2.75, 3.05) is 12.0 Å². The van der Waals surface area contributed by atoms with E-state index in [-0.39, 0.29) is 26.4 Å². The lowest BCUT2D eigenvalue weighted by Crippen LogP contribution is -2.54. The summed E-state index contributed by atoms with van der Waals surface area (Å²) in [6, 6.07) is 15.7. The number of nitrogens with zero attached hydrogens (tertiary/aromatic N) is 1. The van der Waals surface area contributed by atoms with Gasteiger partial charge in [0.1, 0.15) is 12.2 Å². The summed E-state index contributed by atoms with van der Waals surface area (Å²) in [5, 5.41) is 2.83. The van der Waals surface area contributed by atoms with Gasteiger partial charge in [0, 0.05) is 14.5 Å². The average Bonchev–Trinajstić information content (AvgIpc) is 2.84. The van der Waals surface area contributed by atoms with Gasteiger partial charge in [-0.3, -0.25) is 19.8 Å². The van der Waals surface area contributed by atoms with E-state index < -0.39 is 11.8 Å². The number of methoxy groups -OCH3 is 1. The number of carbonyl (C=O) groups excluding carboxylic acids is 2. The van der Waals surface area contributed by atoms with Crippen LogP contribution >= 0.6 is 67.3 Å². The molecule has 36 heavy (non-hydrogen) atoms. The Morgan fingerprint density at radius 2 is 1.83 bits per heavy atom. The number of hydrogen-bond donors (Lipinski definition) is 1. The third-order valence-electron chi connectivity index (χ3n) is 5.17. The molecule has 0 saturated carbocycles. The van der Waals surface area contributed by atoms with Crippen molar-refractivity contribution in [1.29, 1.82) is 0 Å².